The predicted molar refractivity (Wildman–Crippen MR) is 87.6 cm³/mol. The van der Waals surface area contributed by atoms with Crippen molar-refractivity contribution in [3.8, 4) is 0 Å². The smallest absolute Gasteiger partial charge is 0.0631 e. The van der Waals surface area contributed by atoms with Gasteiger partial charge >= 0.3 is 0 Å². The fraction of sp³-hybridized carbons (Fsp3) is 0.250. The second kappa shape index (κ2) is 5.68. The fourth-order valence-corrected chi connectivity index (χ4v) is 3.62. The summed E-state index contributed by atoms with van der Waals surface area (Å²) >= 11 is 7.18. The lowest BCUT2D eigenvalue weighted by molar-refractivity contribution is 1.03. The fourth-order valence-electron chi connectivity index (χ4n) is 2.34. The quantitative estimate of drug-likeness (QED) is 0.717. The van der Waals surface area contributed by atoms with Gasteiger partial charge in [0.15, 0.2) is 0 Å². The predicted octanol–water partition coefficient (Wildman–Crippen LogP) is 5.70. The maximum absolute atomic E-state index is 3.59. The van der Waals surface area contributed by atoms with Gasteiger partial charge in [0.25, 0.3) is 0 Å². The van der Waals surface area contributed by atoms with Crippen LogP contribution in [-0.4, -0.2) is 0 Å². The summed E-state index contributed by atoms with van der Waals surface area (Å²) in [4.78, 5) is 0. The molecule has 0 saturated heterocycles. The molecule has 0 spiro atoms. The molecule has 0 radical (unpaired) electrons. The van der Waals surface area contributed by atoms with Gasteiger partial charge in [0, 0.05) is 15.5 Å². The van der Waals surface area contributed by atoms with Crippen LogP contribution in [0.15, 0.2) is 51.4 Å². The molecule has 0 heterocycles. The Morgan fingerprint density at radius 2 is 1.63 bits per heavy atom. The summed E-state index contributed by atoms with van der Waals surface area (Å²) in [5, 5.41) is 3.53. The SMILES string of the molecule is Brc1cccc(Br)c1NCc1ccccc1C1CC1. The summed E-state index contributed by atoms with van der Waals surface area (Å²) in [7, 11) is 0. The minimum atomic E-state index is 0.792. The number of hydrogen-bond acceptors (Lipinski definition) is 1. The molecule has 0 atom stereocenters. The zero-order valence-electron chi connectivity index (χ0n) is 10.5. The van der Waals surface area contributed by atoms with Gasteiger partial charge in [0.2, 0.25) is 0 Å². The van der Waals surface area contributed by atoms with Crippen LogP contribution < -0.4 is 5.32 Å². The Labute approximate surface area is 130 Å². The molecule has 1 nitrogen and oxygen atoms in total. The Morgan fingerprint density at radius 1 is 0.947 bits per heavy atom. The lowest BCUT2D eigenvalue weighted by Gasteiger charge is -2.13. The second-order valence-corrected chi connectivity index (χ2v) is 6.63. The molecule has 1 saturated carbocycles. The molecule has 0 aromatic heterocycles. The highest BCUT2D eigenvalue weighted by atomic mass is 79.9. The average Bonchev–Trinajstić information content (AvgIpc) is 3.23. The molecule has 1 aliphatic rings. The third-order valence-electron chi connectivity index (χ3n) is 3.49. The van der Waals surface area contributed by atoms with Crippen LogP contribution in [0, 0.1) is 0 Å². The maximum Gasteiger partial charge on any atom is 0.0631 e. The van der Waals surface area contributed by atoms with E-state index in [1.807, 2.05) is 6.07 Å². The van der Waals surface area contributed by atoms with Crippen LogP contribution in [0.2, 0.25) is 0 Å². The van der Waals surface area contributed by atoms with Crippen molar-refractivity contribution in [3.63, 3.8) is 0 Å². The molecular weight excluding hydrogens is 366 g/mol. The number of anilines is 1. The lowest BCUT2D eigenvalue weighted by atomic mass is 10.0. The van der Waals surface area contributed by atoms with Crippen LogP contribution in [-0.2, 0) is 6.54 Å². The van der Waals surface area contributed by atoms with Gasteiger partial charge in [-0.3, -0.25) is 0 Å². The van der Waals surface area contributed by atoms with Crippen LogP contribution in [0.25, 0.3) is 0 Å². The highest BCUT2D eigenvalue weighted by Gasteiger charge is 2.25. The number of rotatable bonds is 4. The highest BCUT2D eigenvalue weighted by Crippen LogP contribution is 2.42. The summed E-state index contributed by atoms with van der Waals surface area (Å²) < 4.78 is 2.18. The zero-order valence-corrected chi connectivity index (χ0v) is 13.7. The van der Waals surface area contributed by atoms with E-state index >= 15 is 0 Å². The molecule has 3 heteroatoms. The van der Waals surface area contributed by atoms with Gasteiger partial charge in [-0.2, -0.15) is 0 Å². The Hall–Kier alpha value is -0.800. The molecule has 1 aliphatic carbocycles. The molecular formula is C16H15Br2N. The van der Waals surface area contributed by atoms with Crippen molar-refractivity contribution in [1.29, 1.82) is 0 Å². The van der Waals surface area contributed by atoms with E-state index in [0.717, 1.165) is 27.1 Å². The van der Waals surface area contributed by atoms with E-state index in [-0.39, 0.29) is 0 Å². The largest absolute Gasteiger partial charge is 0.379 e. The first-order valence-corrected chi connectivity index (χ1v) is 8.10. The maximum atomic E-state index is 3.59. The second-order valence-electron chi connectivity index (χ2n) is 4.92. The zero-order chi connectivity index (χ0) is 13.2. The number of hydrogen-bond donors (Lipinski definition) is 1. The molecule has 0 bridgehead atoms. The van der Waals surface area contributed by atoms with E-state index in [4.69, 9.17) is 0 Å². The van der Waals surface area contributed by atoms with Gasteiger partial charge in [-0.15, -0.1) is 0 Å². The van der Waals surface area contributed by atoms with E-state index in [2.05, 4.69) is 73.6 Å². The third kappa shape index (κ3) is 3.03. The van der Waals surface area contributed by atoms with E-state index in [1.54, 1.807) is 0 Å². The van der Waals surface area contributed by atoms with Gasteiger partial charge in [-0.1, -0.05) is 30.3 Å². The van der Waals surface area contributed by atoms with Crippen molar-refractivity contribution in [3.05, 3.63) is 62.5 Å². The van der Waals surface area contributed by atoms with Crippen LogP contribution in [0.1, 0.15) is 29.9 Å². The number of para-hydroxylation sites is 1. The number of benzene rings is 2. The Morgan fingerprint density at radius 3 is 2.32 bits per heavy atom. The van der Waals surface area contributed by atoms with Crippen LogP contribution in [0.4, 0.5) is 5.69 Å². The molecule has 1 N–H and O–H groups in total. The van der Waals surface area contributed by atoms with Crippen molar-refractivity contribution in [2.75, 3.05) is 5.32 Å². The summed E-state index contributed by atoms with van der Waals surface area (Å²) in [5.74, 6) is 0.792. The molecule has 0 aliphatic heterocycles. The Balaban J connectivity index is 1.79. The first-order valence-electron chi connectivity index (χ1n) is 6.51. The lowest BCUT2D eigenvalue weighted by Crippen LogP contribution is -2.03. The molecule has 1 fully saturated rings. The minimum absolute atomic E-state index is 0.792. The van der Waals surface area contributed by atoms with Gasteiger partial charge < -0.3 is 5.32 Å². The molecule has 3 rings (SSSR count). The minimum Gasteiger partial charge on any atom is -0.379 e. The van der Waals surface area contributed by atoms with Crippen molar-refractivity contribution in [2.45, 2.75) is 25.3 Å². The van der Waals surface area contributed by atoms with E-state index < -0.39 is 0 Å². The molecule has 19 heavy (non-hydrogen) atoms. The molecule has 0 unspecified atom stereocenters. The van der Waals surface area contributed by atoms with Gasteiger partial charge in [0.1, 0.15) is 0 Å². The van der Waals surface area contributed by atoms with Crippen molar-refractivity contribution < 1.29 is 0 Å². The van der Waals surface area contributed by atoms with E-state index in [0.29, 0.717) is 0 Å². The van der Waals surface area contributed by atoms with Crippen molar-refractivity contribution in [1.82, 2.24) is 0 Å². The van der Waals surface area contributed by atoms with Crippen molar-refractivity contribution in [2.24, 2.45) is 0 Å². The topological polar surface area (TPSA) is 12.0 Å². The number of nitrogens with one attached hydrogen (secondary N) is 1. The Kier molecular flexibility index (Phi) is 3.94. The van der Waals surface area contributed by atoms with E-state index in [1.165, 1.54) is 24.0 Å². The normalized spacial score (nSPS) is 14.4. The summed E-state index contributed by atoms with van der Waals surface area (Å²) in [6.07, 6.45) is 2.69. The first kappa shape index (κ1) is 13.2. The summed E-state index contributed by atoms with van der Waals surface area (Å²) in [6.45, 7) is 0.869. The van der Waals surface area contributed by atoms with Gasteiger partial charge in [0.05, 0.1) is 5.69 Å². The Bertz CT molecular complexity index is 571. The van der Waals surface area contributed by atoms with Crippen molar-refractivity contribution >= 4 is 37.5 Å². The van der Waals surface area contributed by atoms with Crippen LogP contribution >= 0.6 is 31.9 Å². The highest BCUT2D eigenvalue weighted by molar-refractivity contribution is 9.11. The van der Waals surface area contributed by atoms with Gasteiger partial charge in [-0.05, 0) is 73.9 Å². The van der Waals surface area contributed by atoms with E-state index in [9.17, 15) is 0 Å². The third-order valence-corrected chi connectivity index (χ3v) is 4.81. The molecule has 98 valence electrons. The molecule has 0 amide bonds. The first-order chi connectivity index (χ1) is 9.25. The standard InChI is InChI=1S/C16H15Br2N/c17-14-6-3-7-15(18)16(14)19-10-12-4-1-2-5-13(12)11-8-9-11/h1-7,11,19H,8-10H2. The van der Waals surface area contributed by atoms with Gasteiger partial charge in [-0.25, -0.2) is 0 Å². The number of halogens is 2. The molecule has 2 aromatic carbocycles. The van der Waals surface area contributed by atoms with Crippen LogP contribution in [0.3, 0.4) is 0 Å². The molecule has 2 aromatic rings. The summed E-state index contributed by atoms with van der Waals surface area (Å²) in [6, 6.07) is 14.9. The van der Waals surface area contributed by atoms with Crippen LogP contribution in [0.5, 0.6) is 0 Å². The average molecular weight is 381 g/mol. The monoisotopic (exact) mass is 379 g/mol. The summed E-state index contributed by atoms with van der Waals surface area (Å²) in [5.41, 5.74) is 4.04.